The molecule has 0 aromatic heterocycles. The minimum atomic E-state index is -0.554. The first kappa shape index (κ1) is 49.3. The quantitative estimate of drug-likeness (QED) is 0.120. The number of benzene rings is 14. The molecule has 1 aliphatic carbocycles. The summed E-state index contributed by atoms with van der Waals surface area (Å²) in [6, 6.07) is 125. The minimum absolute atomic E-state index is 0.554. The number of para-hydroxylation sites is 1. The van der Waals surface area contributed by atoms with Crippen molar-refractivity contribution >= 4 is 55.7 Å². The second kappa shape index (κ2) is 21.0. The molecule has 2 nitrogen and oxygen atoms in total. The number of nitrogens with zero attached hydrogens (tertiary/aromatic N) is 2. The third-order valence-electron chi connectivity index (χ3n) is 16.9. The lowest BCUT2D eigenvalue weighted by Crippen LogP contribution is -2.28. The molecule has 0 spiro atoms. The smallest absolute Gasteiger partial charge is 0.0714 e. The lowest BCUT2D eigenvalue weighted by atomic mass is 9.67. The van der Waals surface area contributed by atoms with Crippen molar-refractivity contribution in [3.63, 3.8) is 0 Å². The molecule has 0 bridgehead atoms. The zero-order valence-corrected chi connectivity index (χ0v) is 45.7. The van der Waals surface area contributed by atoms with E-state index in [1.807, 2.05) is 0 Å². The molecule has 14 aromatic rings. The molecule has 0 heterocycles. The second-order valence-corrected chi connectivity index (χ2v) is 21.6. The van der Waals surface area contributed by atoms with Gasteiger partial charge in [0.15, 0.2) is 0 Å². The molecule has 0 amide bonds. The first-order chi connectivity index (χ1) is 41.1. The van der Waals surface area contributed by atoms with Gasteiger partial charge in [0.1, 0.15) is 0 Å². The molecule has 0 saturated carbocycles. The summed E-state index contributed by atoms with van der Waals surface area (Å²) in [7, 11) is 0. The second-order valence-electron chi connectivity index (χ2n) is 21.6. The van der Waals surface area contributed by atoms with Gasteiger partial charge in [-0.05, 0) is 167 Å². The third kappa shape index (κ3) is 8.86. The van der Waals surface area contributed by atoms with E-state index in [1.54, 1.807) is 0 Å². The molecule has 14 aromatic carbocycles. The number of fused-ring (bicyclic) bond motifs is 5. The predicted molar refractivity (Wildman–Crippen MR) is 350 cm³/mol. The number of hydrogen-bond acceptors (Lipinski definition) is 2. The van der Waals surface area contributed by atoms with Gasteiger partial charge in [-0.3, -0.25) is 0 Å². The van der Waals surface area contributed by atoms with Crippen LogP contribution < -0.4 is 9.80 Å². The summed E-state index contributed by atoms with van der Waals surface area (Å²) in [5, 5.41) is 4.84. The molecule has 2 heteroatoms. The van der Waals surface area contributed by atoms with Crippen LogP contribution in [-0.4, -0.2) is 0 Å². The Bertz CT molecular complexity index is 4590. The molecule has 0 atom stereocenters. The number of rotatable bonds is 12. The maximum absolute atomic E-state index is 2.50. The van der Waals surface area contributed by atoms with Gasteiger partial charge in [-0.15, -0.1) is 0 Å². The SMILES string of the molecule is c1ccc(-c2cc3ccccc3cc2N(c2cccc(-c3ccc(-c4ccc(-c5ccc(N(c6ccccc6)c6ccc7ccccc7c6)cc5)cc4)cc3)c2)c2ccc3c(c2)C(c2ccccc2)(c2ccccc2)c2ccccc2-3)cc1. The normalized spacial score (nSPS) is 12.2. The van der Waals surface area contributed by atoms with Crippen LogP contribution in [-0.2, 0) is 5.41 Å². The van der Waals surface area contributed by atoms with Gasteiger partial charge in [0.25, 0.3) is 0 Å². The van der Waals surface area contributed by atoms with E-state index in [2.05, 4.69) is 350 Å². The Morgan fingerprint density at radius 3 is 1.23 bits per heavy atom. The first-order valence-electron chi connectivity index (χ1n) is 28.6. The van der Waals surface area contributed by atoms with Crippen LogP contribution in [0, 0.1) is 0 Å². The highest BCUT2D eigenvalue weighted by Gasteiger charge is 2.46. The number of anilines is 6. The predicted octanol–water partition coefficient (Wildman–Crippen LogP) is 22.0. The van der Waals surface area contributed by atoms with Crippen molar-refractivity contribution in [2.24, 2.45) is 0 Å². The van der Waals surface area contributed by atoms with E-state index in [-0.39, 0.29) is 0 Å². The van der Waals surface area contributed by atoms with Gasteiger partial charge in [-0.25, -0.2) is 0 Å². The number of hydrogen-bond donors (Lipinski definition) is 0. The van der Waals surface area contributed by atoms with Crippen molar-refractivity contribution < 1.29 is 0 Å². The van der Waals surface area contributed by atoms with Gasteiger partial charge in [0.2, 0.25) is 0 Å². The van der Waals surface area contributed by atoms with Crippen molar-refractivity contribution in [2.75, 3.05) is 9.80 Å². The lowest BCUT2D eigenvalue weighted by Gasteiger charge is -2.35. The van der Waals surface area contributed by atoms with Crippen LogP contribution >= 0.6 is 0 Å². The summed E-state index contributed by atoms with van der Waals surface area (Å²) in [5.74, 6) is 0. The zero-order valence-electron chi connectivity index (χ0n) is 45.7. The van der Waals surface area contributed by atoms with Crippen molar-refractivity contribution in [1.29, 1.82) is 0 Å². The van der Waals surface area contributed by atoms with Gasteiger partial charge >= 0.3 is 0 Å². The van der Waals surface area contributed by atoms with E-state index < -0.39 is 5.41 Å². The van der Waals surface area contributed by atoms with Gasteiger partial charge < -0.3 is 9.80 Å². The van der Waals surface area contributed by atoms with E-state index >= 15 is 0 Å². The van der Waals surface area contributed by atoms with Gasteiger partial charge in [-0.2, -0.15) is 0 Å². The van der Waals surface area contributed by atoms with Gasteiger partial charge in [0.05, 0.1) is 11.1 Å². The van der Waals surface area contributed by atoms with E-state index in [0.29, 0.717) is 0 Å². The first-order valence-corrected chi connectivity index (χ1v) is 28.6. The average Bonchev–Trinajstić information content (AvgIpc) is 2.50. The van der Waals surface area contributed by atoms with Crippen molar-refractivity contribution in [3.8, 4) is 55.6 Å². The summed E-state index contributed by atoms with van der Waals surface area (Å²) in [5.41, 5.74) is 22.9. The van der Waals surface area contributed by atoms with Crippen LogP contribution in [0.3, 0.4) is 0 Å². The highest BCUT2D eigenvalue weighted by molar-refractivity contribution is 6.00. The molecule has 0 N–H and O–H groups in total. The zero-order chi connectivity index (χ0) is 55.1. The van der Waals surface area contributed by atoms with Gasteiger partial charge in [0, 0.05) is 34.0 Å². The highest BCUT2D eigenvalue weighted by atomic mass is 15.1. The van der Waals surface area contributed by atoms with Crippen molar-refractivity contribution in [1.82, 2.24) is 0 Å². The van der Waals surface area contributed by atoms with E-state index in [4.69, 9.17) is 0 Å². The Hall–Kier alpha value is -10.8. The standard InChI is InChI=1S/C81H56N2/c1-5-21-63(22-6-1)77-54-66-24-15-16-25-67(66)55-80(77)83(74-50-51-76-75-34-17-18-35-78(75)81(79(76)56-74,68-27-7-2-8-28-68)69-29-9-3-10-30-69)72-33-19-26-65(52-72)62-42-40-59(41-43-62)58-36-38-60(39-37-58)61-44-47-71(48-45-61)82(70-31-11-4-12-32-70)73-49-46-57-20-13-14-23-64(57)53-73/h1-56H. The van der Waals surface area contributed by atoms with Crippen molar-refractivity contribution in [2.45, 2.75) is 5.41 Å². The molecular weight excluding hydrogens is 1000 g/mol. The molecule has 83 heavy (non-hydrogen) atoms. The Morgan fingerprint density at radius 2 is 0.602 bits per heavy atom. The molecule has 0 unspecified atom stereocenters. The van der Waals surface area contributed by atoms with Crippen LogP contribution in [0.15, 0.2) is 340 Å². The largest absolute Gasteiger partial charge is 0.310 e. The van der Waals surface area contributed by atoms with E-state index in [0.717, 1.165) is 56.4 Å². The fourth-order valence-corrected chi connectivity index (χ4v) is 12.9. The molecular formula is C81H56N2. The third-order valence-corrected chi connectivity index (χ3v) is 16.9. The van der Waals surface area contributed by atoms with Crippen LogP contribution in [0.2, 0.25) is 0 Å². The Labute approximate surface area is 485 Å². The molecule has 0 fully saturated rings. The minimum Gasteiger partial charge on any atom is -0.310 e. The topological polar surface area (TPSA) is 6.48 Å². The van der Waals surface area contributed by atoms with Crippen LogP contribution in [0.5, 0.6) is 0 Å². The highest BCUT2D eigenvalue weighted by Crippen LogP contribution is 2.58. The van der Waals surface area contributed by atoms with Crippen LogP contribution in [0.4, 0.5) is 34.1 Å². The summed E-state index contributed by atoms with van der Waals surface area (Å²) in [4.78, 5) is 4.83. The lowest BCUT2D eigenvalue weighted by molar-refractivity contribution is 0.768. The molecule has 0 saturated heterocycles. The molecule has 0 radical (unpaired) electrons. The molecule has 0 aliphatic heterocycles. The monoisotopic (exact) mass is 1060 g/mol. The summed E-state index contributed by atoms with van der Waals surface area (Å²) >= 11 is 0. The Balaban J connectivity index is 0.791. The van der Waals surface area contributed by atoms with Crippen molar-refractivity contribution in [3.05, 3.63) is 362 Å². The van der Waals surface area contributed by atoms with E-state index in [9.17, 15) is 0 Å². The molecule has 1 aliphatic rings. The van der Waals surface area contributed by atoms with Crippen LogP contribution in [0.25, 0.3) is 77.2 Å². The van der Waals surface area contributed by atoms with Gasteiger partial charge in [-0.1, -0.05) is 267 Å². The fraction of sp³-hybridized carbons (Fsp3) is 0.0123. The van der Waals surface area contributed by atoms with Crippen LogP contribution in [0.1, 0.15) is 22.3 Å². The maximum Gasteiger partial charge on any atom is 0.0714 e. The Kier molecular flexibility index (Phi) is 12.5. The fourth-order valence-electron chi connectivity index (χ4n) is 12.9. The average molecular weight is 1060 g/mol. The summed E-state index contributed by atoms with van der Waals surface area (Å²) in [6.07, 6.45) is 0. The maximum atomic E-state index is 2.50. The molecule has 15 rings (SSSR count). The Morgan fingerprint density at radius 1 is 0.193 bits per heavy atom. The molecule has 390 valence electrons. The van der Waals surface area contributed by atoms with E-state index in [1.165, 1.54) is 77.2 Å². The summed E-state index contributed by atoms with van der Waals surface area (Å²) in [6.45, 7) is 0. The summed E-state index contributed by atoms with van der Waals surface area (Å²) < 4.78 is 0.